The molecule has 0 spiro atoms. The molecule has 1 aromatic carbocycles. The van der Waals surface area contributed by atoms with Gasteiger partial charge in [-0.15, -0.1) is 0 Å². The summed E-state index contributed by atoms with van der Waals surface area (Å²) in [5, 5.41) is 3.04. The monoisotopic (exact) mass is 218 g/mol. The summed E-state index contributed by atoms with van der Waals surface area (Å²) in [5.41, 5.74) is 7.39. The summed E-state index contributed by atoms with van der Waals surface area (Å²) in [4.78, 5) is 11.7. The minimum absolute atomic E-state index is 0.0823. The Hall–Kier alpha value is -1.51. The Morgan fingerprint density at radius 2 is 2.25 bits per heavy atom. The van der Waals surface area contributed by atoms with Crippen LogP contribution in [-0.4, -0.2) is 11.9 Å². The van der Waals surface area contributed by atoms with E-state index in [1.165, 1.54) is 0 Å². The molecule has 16 heavy (non-hydrogen) atoms. The highest BCUT2D eigenvalue weighted by Gasteiger charge is 2.36. The van der Waals surface area contributed by atoms with Crippen LogP contribution in [0.4, 0.5) is 5.69 Å². The number of nitrogen functional groups attached to an aromatic ring is 1. The van der Waals surface area contributed by atoms with Gasteiger partial charge in [0.05, 0.1) is 6.42 Å². The maximum absolute atomic E-state index is 11.7. The van der Waals surface area contributed by atoms with E-state index < -0.39 is 0 Å². The smallest absolute Gasteiger partial charge is 0.224 e. The molecule has 3 N–H and O–H groups in total. The van der Waals surface area contributed by atoms with Crippen LogP contribution in [0.1, 0.15) is 25.3 Å². The SMILES string of the molecule is CCC1CC1NC(=O)Cc1ccccc1N. The third-order valence-electron chi connectivity index (χ3n) is 3.20. The summed E-state index contributed by atoms with van der Waals surface area (Å²) in [6.45, 7) is 2.16. The molecule has 1 fully saturated rings. The summed E-state index contributed by atoms with van der Waals surface area (Å²) < 4.78 is 0. The molecule has 86 valence electrons. The van der Waals surface area contributed by atoms with Gasteiger partial charge in [0.2, 0.25) is 5.91 Å². The Bertz CT molecular complexity index is 389. The lowest BCUT2D eigenvalue weighted by Crippen LogP contribution is -2.28. The lowest BCUT2D eigenvalue weighted by atomic mass is 10.1. The number of nitrogens with two attached hydrogens (primary N) is 1. The number of hydrogen-bond donors (Lipinski definition) is 2. The van der Waals surface area contributed by atoms with E-state index in [0.717, 1.165) is 18.4 Å². The molecular formula is C13H18N2O. The van der Waals surface area contributed by atoms with Gasteiger partial charge in [-0.25, -0.2) is 0 Å². The van der Waals surface area contributed by atoms with Crippen molar-refractivity contribution in [3.05, 3.63) is 29.8 Å². The van der Waals surface area contributed by atoms with Crippen molar-refractivity contribution < 1.29 is 4.79 Å². The fourth-order valence-electron chi connectivity index (χ4n) is 2.00. The Kier molecular flexibility index (Phi) is 3.13. The highest BCUT2D eigenvalue weighted by molar-refractivity contribution is 5.80. The molecule has 0 aromatic heterocycles. The van der Waals surface area contributed by atoms with Crippen LogP contribution in [0.25, 0.3) is 0 Å². The number of anilines is 1. The van der Waals surface area contributed by atoms with Crippen LogP contribution >= 0.6 is 0 Å². The highest BCUT2D eigenvalue weighted by atomic mass is 16.1. The maximum atomic E-state index is 11.7. The van der Waals surface area contributed by atoms with Crippen molar-refractivity contribution in [2.75, 3.05) is 5.73 Å². The van der Waals surface area contributed by atoms with Crippen LogP contribution in [0.2, 0.25) is 0 Å². The number of para-hydroxylation sites is 1. The molecule has 0 heterocycles. The van der Waals surface area contributed by atoms with Gasteiger partial charge in [-0.05, 0) is 24.0 Å². The van der Waals surface area contributed by atoms with Crippen molar-refractivity contribution in [3.63, 3.8) is 0 Å². The number of benzene rings is 1. The molecule has 1 aliphatic carbocycles. The first-order valence-corrected chi connectivity index (χ1v) is 5.83. The molecule has 0 radical (unpaired) electrons. The topological polar surface area (TPSA) is 55.1 Å². The van der Waals surface area contributed by atoms with E-state index in [1.807, 2.05) is 24.3 Å². The van der Waals surface area contributed by atoms with Gasteiger partial charge in [-0.1, -0.05) is 31.5 Å². The zero-order chi connectivity index (χ0) is 11.5. The van der Waals surface area contributed by atoms with Gasteiger partial charge < -0.3 is 11.1 Å². The Morgan fingerprint density at radius 3 is 2.88 bits per heavy atom. The second kappa shape index (κ2) is 4.56. The Morgan fingerprint density at radius 1 is 1.50 bits per heavy atom. The van der Waals surface area contributed by atoms with Crippen LogP contribution in [0.3, 0.4) is 0 Å². The van der Waals surface area contributed by atoms with Crippen molar-refractivity contribution in [2.45, 2.75) is 32.2 Å². The third kappa shape index (κ3) is 2.54. The average molecular weight is 218 g/mol. The first-order valence-electron chi connectivity index (χ1n) is 5.83. The van der Waals surface area contributed by atoms with Gasteiger partial charge in [0, 0.05) is 11.7 Å². The molecule has 1 saturated carbocycles. The predicted octanol–water partition coefficient (Wildman–Crippen LogP) is 1.73. The van der Waals surface area contributed by atoms with E-state index in [0.29, 0.717) is 24.1 Å². The standard InChI is InChI=1S/C13H18N2O/c1-2-9-7-12(9)15-13(16)8-10-5-3-4-6-11(10)14/h3-6,9,12H,2,7-8,14H2,1H3,(H,15,16). The zero-order valence-electron chi connectivity index (χ0n) is 9.57. The molecule has 1 amide bonds. The lowest BCUT2D eigenvalue weighted by Gasteiger charge is -2.06. The van der Waals surface area contributed by atoms with Gasteiger partial charge in [0.1, 0.15) is 0 Å². The quantitative estimate of drug-likeness (QED) is 0.756. The minimum atomic E-state index is 0.0823. The second-order valence-corrected chi connectivity index (χ2v) is 4.45. The highest BCUT2D eigenvalue weighted by Crippen LogP contribution is 2.33. The van der Waals surface area contributed by atoms with Crippen molar-refractivity contribution in [3.8, 4) is 0 Å². The molecule has 3 nitrogen and oxygen atoms in total. The van der Waals surface area contributed by atoms with E-state index in [4.69, 9.17) is 5.73 Å². The fraction of sp³-hybridized carbons (Fsp3) is 0.462. The number of hydrogen-bond acceptors (Lipinski definition) is 2. The molecule has 1 aromatic rings. The first kappa shape index (κ1) is 11.0. The van der Waals surface area contributed by atoms with Crippen molar-refractivity contribution in [1.82, 2.24) is 5.32 Å². The zero-order valence-corrected chi connectivity index (χ0v) is 9.57. The summed E-state index contributed by atoms with van der Waals surface area (Å²) in [6, 6.07) is 7.92. The predicted molar refractivity (Wildman–Crippen MR) is 64.9 cm³/mol. The van der Waals surface area contributed by atoms with E-state index in [2.05, 4.69) is 12.2 Å². The van der Waals surface area contributed by atoms with Crippen molar-refractivity contribution >= 4 is 11.6 Å². The van der Waals surface area contributed by atoms with E-state index >= 15 is 0 Å². The summed E-state index contributed by atoms with van der Waals surface area (Å²) in [7, 11) is 0. The van der Waals surface area contributed by atoms with Gasteiger partial charge >= 0.3 is 0 Å². The summed E-state index contributed by atoms with van der Waals surface area (Å²) in [6.07, 6.45) is 2.67. The normalized spacial score (nSPS) is 22.8. The van der Waals surface area contributed by atoms with Crippen molar-refractivity contribution in [1.29, 1.82) is 0 Å². The molecule has 0 bridgehead atoms. The second-order valence-electron chi connectivity index (χ2n) is 4.45. The maximum Gasteiger partial charge on any atom is 0.224 e. The van der Waals surface area contributed by atoms with Gasteiger partial charge in [0.15, 0.2) is 0 Å². The molecule has 3 heteroatoms. The Labute approximate surface area is 96.0 Å². The molecular weight excluding hydrogens is 200 g/mol. The van der Waals surface area contributed by atoms with E-state index in [9.17, 15) is 4.79 Å². The van der Waals surface area contributed by atoms with Gasteiger partial charge in [-0.2, -0.15) is 0 Å². The molecule has 2 atom stereocenters. The number of rotatable bonds is 4. The van der Waals surface area contributed by atoms with Gasteiger partial charge in [-0.3, -0.25) is 4.79 Å². The van der Waals surface area contributed by atoms with Gasteiger partial charge in [0.25, 0.3) is 0 Å². The molecule has 2 rings (SSSR count). The van der Waals surface area contributed by atoms with Crippen molar-refractivity contribution in [2.24, 2.45) is 5.92 Å². The van der Waals surface area contributed by atoms with E-state index in [1.54, 1.807) is 0 Å². The fourth-order valence-corrected chi connectivity index (χ4v) is 2.00. The van der Waals surface area contributed by atoms with Crippen LogP contribution < -0.4 is 11.1 Å². The molecule has 1 aliphatic rings. The number of carbonyl (C=O) groups is 1. The minimum Gasteiger partial charge on any atom is -0.398 e. The summed E-state index contributed by atoms with van der Waals surface area (Å²) >= 11 is 0. The van der Waals surface area contributed by atoms with Crippen LogP contribution in [0, 0.1) is 5.92 Å². The first-order chi connectivity index (χ1) is 7.70. The molecule has 0 aliphatic heterocycles. The lowest BCUT2D eigenvalue weighted by molar-refractivity contribution is -0.120. The largest absolute Gasteiger partial charge is 0.398 e. The Balaban J connectivity index is 1.86. The van der Waals surface area contributed by atoms with Crippen LogP contribution in [0.15, 0.2) is 24.3 Å². The van der Waals surface area contributed by atoms with Crippen LogP contribution in [0.5, 0.6) is 0 Å². The summed E-state index contributed by atoms with van der Waals surface area (Å²) in [5.74, 6) is 0.774. The third-order valence-corrected chi connectivity index (χ3v) is 3.20. The van der Waals surface area contributed by atoms with Crippen LogP contribution in [-0.2, 0) is 11.2 Å². The average Bonchev–Trinajstić information content (AvgIpc) is 3.00. The number of amides is 1. The number of nitrogens with one attached hydrogen (secondary N) is 1. The molecule has 0 saturated heterocycles. The van der Waals surface area contributed by atoms with E-state index in [-0.39, 0.29) is 5.91 Å². The molecule has 2 unspecified atom stereocenters. The number of carbonyl (C=O) groups excluding carboxylic acids is 1.